The first-order valence-corrected chi connectivity index (χ1v) is 5.91. The minimum Gasteiger partial charge on any atom is -0.491 e. The van der Waals surface area contributed by atoms with Gasteiger partial charge in [-0.3, -0.25) is 10.1 Å². The van der Waals surface area contributed by atoms with Gasteiger partial charge < -0.3 is 20.3 Å². The molecular weight excluding hydrogens is 248 g/mol. The molecule has 0 heterocycles. The molecule has 0 fully saturated rings. The highest BCUT2D eigenvalue weighted by molar-refractivity contribution is 5.71. The average molecular weight is 269 g/mol. The van der Waals surface area contributed by atoms with Crippen molar-refractivity contribution in [1.29, 1.82) is 0 Å². The quantitative estimate of drug-likeness (QED) is 0.599. The molecule has 7 heteroatoms. The number of benzene rings is 1. The van der Waals surface area contributed by atoms with Crippen LogP contribution < -0.4 is 15.4 Å². The number of quaternary nitrogens is 1. The van der Waals surface area contributed by atoms with Gasteiger partial charge in [-0.2, -0.15) is 0 Å². The van der Waals surface area contributed by atoms with Crippen molar-refractivity contribution in [2.24, 2.45) is 0 Å². The molecule has 0 aliphatic heterocycles. The van der Waals surface area contributed by atoms with Crippen molar-refractivity contribution in [3.63, 3.8) is 0 Å². The maximum absolute atomic E-state index is 11.1. The van der Waals surface area contributed by atoms with E-state index in [-0.39, 0.29) is 5.69 Å². The Kier molecular flexibility index (Phi) is 5.08. The zero-order valence-corrected chi connectivity index (χ0v) is 11.8. The highest BCUT2D eigenvalue weighted by atomic mass is 16.6. The monoisotopic (exact) mass is 269 g/mol. The smallest absolute Gasteiger partial charge is 0.298 e. The summed E-state index contributed by atoms with van der Waals surface area (Å²) >= 11 is 0. The Bertz CT molecular complexity index is 463. The summed E-state index contributed by atoms with van der Waals surface area (Å²) in [7, 11) is 7.28. The highest BCUT2D eigenvalue weighted by Gasteiger charge is 2.22. The molecular formula is C12H21N4O3+. The summed E-state index contributed by atoms with van der Waals surface area (Å²) in [6.45, 7) is 1.50. The third-order valence-electron chi connectivity index (χ3n) is 2.87. The molecule has 0 aliphatic rings. The SMILES string of the molecule is COc1cc(N(C)CCN(C)C)c([N+](=O)[O-])cc1[NH3+]. The van der Waals surface area contributed by atoms with Crippen LogP contribution in [0.3, 0.4) is 0 Å². The summed E-state index contributed by atoms with van der Waals surface area (Å²) in [5, 5.41) is 11.1. The highest BCUT2D eigenvalue weighted by Crippen LogP contribution is 2.35. The summed E-state index contributed by atoms with van der Waals surface area (Å²) in [5.41, 5.74) is 4.85. The van der Waals surface area contributed by atoms with Gasteiger partial charge in [-0.1, -0.05) is 0 Å². The summed E-state index contributed by atoms with van der Waals surface area (Å²) in [6, 6.07) is 3.11. The molecule has 0 saturated carbocycles. The van der Waals surface area contributed by atoms with Gasteiger partial charge in [-0.15, -0.1) is 0 Å². The number of likely N-dealkylation sites (N-methyl/N-ethyl adjacent to an activating group) is 2. The van der Waals surface area contributed by atoms with Crippen LogP contribution in [0.4, 0.5) is 17.1 Å². The molecule has 0 aromatic heterocycles. The molecule has 1 aromatic carbocycles. The lowest BCUT2D eigenvalue weighted by Gasteiger charge is -2.21. The number of nitrogens with zero attached hydrogens (tertiary/aromatic N) is 3. The second-order valence-corrected chi connectivity index (χ2v) is 4.63. The van der Waals surface area contributed by atoms with E-state index in [0.29, 0.717) is 23.7 Å². The number of nitro benzene ring substituents is 1. The lowest BCUT2D eigenvalue weighted by molar-refractivity contribution is -0.384. The van der Waals surface area contributed by atoms with Crippen LogP contribution in [0.1, 0.15) is 0 Å². The summed E-state index contributed by atoms with van der Waals surface area (Å²) in [5.74, 6) is 0.553. The van der Waals surface area contributed by atoms with Crippen molar-refractivity contribution in [3.05, 3.63) is 22.2 Å². The van der Waals surface area contributed by atoms with Crippen molar-refractivity contribution in [2.45, 2.75) is 0 Å². The van der Waals surface area contributed by atoms with Crippen molar-refractivity contribution < 1.29 is 15.4 Å². The van der Waals surface area contributed by atoms with Gasteiger partial charge >= 0.3 is 0 Å². The molecule has 0 amide bonds. The van der Waals surface area contributed by atoms with Crippen molar-refractivity contribution in [2.75, 3.05) is 46.2 Å². The van der Waals surface area contributed by atoms with Crippen molar-refractivity contribution in [1.82, 2.24) is 4.90 Å². The molecule has 0 unspecified atom stereocenters. The Labute approximate surface area is 112 Å². The van der Waals surface area contributed by atoms with Gasteiger partial charge in [0.2, 0.25) is 0 Å². The van der Waals surface area contributed by atoms with Gasteiger partial charge in [-0.05, 0) is 14.1 Å². The van der Waals surface area contributed by atoms with Crippen LogP contribution in [0, 0.1) is 10.1 Å². The molecule has 1 rings (SSSR count). The Morgan fingerprint density at radius 2 is 1.95 bits per heavy atom. The van der Waals surface area contributed by atoms with Gasteiger partial charge in [-0.25, -0.2) is 0 Å². The zero-order chi connectivity index (χ0) is 14.6. The van der Waals surface area contributed by atoms with E-state index < -0.39 is 4.92 Å². The van der Waals surface area contributed by atoms with E-state index in [2.05, 4.69) is 5.73 Å². The molecule has 19 heavy (non-hydrogen) atoms. The molecule has 0 spiro atoms. The second-order valence-electron chi connectivity index (χ2n) is 4.63. The zero-order valence-electron chi connectivity index (χ0n) is 11.8. The Morgan fingerprint density at radius 1 is 1.32 bits per heavy atom. The fourth-order valence-electron chi connectivity index (χ4n) is 1.71. The number of methoxy groups -OCH3 is 1. The maximum Gasteiger partial charge on any atom is 0.298 e. The lowest BCUT2D eigenvalue weighted by atomic mass is 10.2. The van der Waals surface area contributed by atoms with Crippen LogP contribution in [0.5, 0.6) is 5.75 Å². The van der Waals surface area contributed by atoms with E-state index in [1.165, 1.54) is 13.2 Å². The summed E-state index contributed by atoms with van der Waals surface area (Å²) in [4.78, 5) is 14.6. The fraction of sp³-hybridized carbons (Fsp3) is 0.500. The van der Waals surface area contributed by atoms with Gasteiger partial charge in [0.15, 0.2) is 11.4 Å². The van der Waals surface area contributed by atoms with Crippen LogP contribution in [0.2, 0.25) is 0 Å². The molecule has 0 bridgehead atoms. The molecule has 106 valence electrons. The first kappa shape index (κ1) is 15.2. The molecule has 0 radical (unpaired) electrons. The number of nitro groups is 1. The van der Waals surface area contributed by atoms with Gasteiger partial charge in [0.1, 0.15) is 5.69 Å². The lowest BCUT2D eigenvalue weighted by Crippen LogP contribution is -2.40. The second kappa shape index (κ2) is 6.35. The number of hydrogen-bond acceptors (Lipinski definition) is 5. The Morgan fingerprint density at radius 3 is 2.42 bits per heavy atom. The fourth-order valence-corrected chi connectivity index (χ4v) is 1.71. The summed E-state index contributed by atoms with van der Waals surface area (Å²) in [6.07, 6.45) is 0. The van der Waals surface area contributed by atoms with Crippen LogP contribution in [0.15, 0.2) is 12.1 Å². The van der Waals surface area contributed by atoms with Crippen molar-refractivity contribution >= 4 is 17.1 Å². The number of hydrogen-bond donors (Lipinski definition) is 1. The maximum atomic E-state index is 11.1. The first-order valence-electron chi connectivity index (χ1n) is 5.91. The molecule has 0 saturated heterocycles. The van der Waals surface area contributed by atoms with Gasteiger partial charge in [0.25, 0.3) is 5.69 Å². The third kappa shape index (κ3) is 3.80. The standard InChI is InChI=1S/C12H20N4O3/c1-14(2)5-6-15(3)10-8-12(19-4)9(13)7-11(10)16(17)18/h7-8H,5-6,13H2,1-4H3/p+1. The Balaban J connectivity index is 3.12. The van der Waals surface area contributed by atoms with E-state index in [0.717, 1.165) is 6.54 Å². The number of anilines is 1. The molecule has 1 aromatic rings. The number of rotatable bonds is 6. The molecule has 0 atom stereocenters. The van der Waals surface area contributed by atoms with E-state index in [4.69, 9.17) is 4.74 Å². The minimum atomic E-state index is -0.393. The summed E-state index contributed by atoms with van der Waals surface area (Å²) < 4.78 is 5.17. The Hall–Kier alpha value is -1.86. The molecule has 7 nitrogen and oxygen atoms in total. The van der Waals surface area contributed by atoms with E-state index in [1.807, 2.05) is 30.9 Å². The first-order chi connectivity index (χ1) is 8.86. The molecule has 3 N–H and O–H groups in total. The third-order valence-corrected chi connectivity index (χ3v) is 2.87. The predicted octanol–water partition coefficient (Wildman–Crippen LogP) is 0.475. The topological polar surface area (TPSA) is 86.5 Å². The van der Waals surface area contributed by atoms with Gasteiger partial charge in [0, 0.05) is 26.2 Å². The minimum absolute atomic E-state index is 0.0482. The van der Waals surface area contributed by atoms with Gasteiger partial charge in [0.05, 0.1) is 18.1 Å². The largest absolute Gasteiger partial charge is 0.491 e. The average Bonchev–Trinajstić information content (AvgIpc) is 2.35. The van der Waals surface area contributed by atoms with Crippen LogP contribution in [-0.2, 0) is 0 Å². The normalized spacial score (nSPS) is 10.6. The van der Waals surface area contributed by atoms with E-state index in [1.54, 1.807) is 6.07 Å². The van der Waals surface area contributed by atoms with Crippen molar-refractivity contribution in [3.8, 4) is 5.75 Å². The van der Waals surface area contributed by atoms with E-state index in [9.17, 15) is 10.1 Å². The number of ether oxygens (including phenoxy) is 1. The van der Waals surface area contributed by atoms with Crippen LogP contribution in [-0.4, -0.2) is 51.2 Å². The predicted molar refractivity (Wildman–Crippen MR) is 74.0 cm³/mol. The van der Waals surface area contributed by atoms with Crippen LogP contribution >= 0.6 is 0 Å². The molecule has 0 aliphatic carbocycles. The van der Waals surface area contributed by atoms with E-state index >= 15 is 0 Å². The van der Waals surface area contributed by atoms with Crippen LogP contribution in [0.25, 0.3) is 0 Å².